The van der Waals surface area contributed by atoms with Gasteiger partial charge in [-0.05, 0) is 0 Å². The van der Waals surface area contributed by atoms with Crippen LogP contribution in [0, 0.1) is 0 Å². The number of carbonyl (C=O) groups is 2. The number of rotatable bonds is 2. The molecule has 0 radical (unpaired) electrons. The highest BCUT2D eigenvalue weighted by atomic mass is 16.6. The molecule has 6 heteroatoms. The SMILES string of the molecule is CN(C)C(=O)OC1CN[C@H](C(=O)O)C1. The summed E-state index contributed by atoms with van der Waals surface area (Å²) in [6.07, 6.45) is -0.455. The van der Waals surface area contributed by atoms with Crippen LogP contribution in [0.3, 0.4) is 0 Å². The molecule has 1 saturated heterocycles. The van der Waals surface area contributed by atoms with Crippen LogP contribution in [0.4, 0.5) is 4.79 Å². The minimum atomic E-state index is -0.909. The first-order valence-electron chi connectivity index (χ1n) is 4.35. The number of nitrogens with zero attached hydrogens (tertiary/aromatic N) is 1. The molecule has 6 nitrogen and oxygen atoms in total. The molecular weight excluding hydrogens is 188 g/mol. The number of ether oxygens (including phenoxy) is 1. The molecule has 0 saturated carbocycles. The van der Waals surface area contributed by atoms with Gasteiger partial charge in [0.25, 0.3) is 0 Å². The van der Waals surface area contributed by atoms with E-state index in [0.717, 1.165) is 0 Å². The van der Waals surface area contributed by atoms with E-state index in [9.17, 15) is 9.59 Å². The number of carbonyl (C=O) groups excluding carboxylic acids is 1. The molecule has 2 atom stereocenters. The molecule has 1 unspecified atom stereocenters. The lowest BCUT2D eigenvalue weighted by molar-refractivity contribution is -0.139. The fraction of sp³-hybridized carbons (Fsp3) is 0.750. The average molecular weight is 202 g/mol. The molecular formula is C8H14N2O4. The smallest absolute Gasteiger partial charge is 0.409 e. The Balaban J connectivity index is 2.36. The maximum Gasteiger partial charge on any atom is 0.409 e. The first-order valence-corrected chi connectivity index (χ1v) is 4.35. The van der Waals surface area contributed by atoms with E-state index < -0.39 is 18.1 Å². The van der Waals surface area contributed by atoms with Crippen LogP contribution < -0.4 is 5.32 Å². The molecule has 0 spiro atoms. The fourth-order valence-corrected chi connectivity index (χ4v) is 1.23. The molecule has 0 aromatic heterocycles. The average Bonchev–Trinajstić information content (AvgIpc) is 2.52. The minimum absolute atomic E-state index is 0.328. The summed E-state index contributed by atoms with van der Waals surface area (Å²) in [7, 11) is 3.17. The van der Waals surface area contributed by atoms with Crippen LogP contribution >= 0.6 is 0 Å². The normalized spacial score (nSPS) is 25.9. The Kier molecular flexibility index (Phi) is 3.29. The molecule has 1 aliphatic rings. The van der Waals surface area contributed by atoms with Gasteiger partial charge in [0.1, 0.15) is 12.1 Å². The zero-order valence-corrected chi connectivity index (χ0v) is 8.19. The molecule has 1 heterocycles. The van der Waals surface area contributed by atoms with Crippen molar-refractivity contribution in [2.24, 2.45) is 0 Å². The van der Waals surface area contributed by atoms with E-state index >= 15 is 0 Å². The Morgan fingerprint density at radius 2 is 2.14 bits per heavy atom. The zero-order valence-electron chi connectivity index (χ0n) is 8.19. The topological polar surface area (TPSA) is 78.9 Å². The quantitative estimate of drug-likeness (QED) is 0.631. The van der Waals surface area contributed by atoms with Crippen LogP contribution in [0.1, 0.15) is 6.42 Å². The summed E-state index contributed by atoms with van der Waals surface area (Å²) in [4.78, 5) is 23.0. The highest BCUT2D eigenvalue weighted by molar-refractivity contribution is 5.74. The number of amides is 1. The number of carboxylic acids is 1. The van der Waals surface area contributed by atoms with Gasteiger partial charge in [-0.1, -0.05) is 0 Å². The Hall–Kier alpha value is -1.30. The van der Waals surface area contributed by atoms with Gasteiger partial charge in [0.2, 0.25) is 0 Å². The third kappa shape index (κ3) is 2.59. The van der Waals surface area contributed by atoms with Gasteiger partial charge in [-0.3, -0.25) is 4.79 Å². The van der Waals surface area contributed by atoms with Crippen molar-refractivity contribution in [3.05, 3.63) is 0 Å². The summed E-state index contributed by atoms with van der Waals surface area (Å²) >= 11 is 0. The molecule has 0 bridgehead atoms. The van der Waals surface area contributed by atoms with Crippen LogP contribution in [-0.4, -0.2) is 54.9 Å². The number of hydrogen-bond donors (Lipinski definition) is 2. The first-order chi connectivity index (χ1) is 6.50. The summed E-state index contributed by atoms with van der Waals surface area (Å²) in [5.41, 5.74) is 0. The van der Waals surface area contributed by atoms with Crippen LogP contribution in [0.15, 0.2) is 0 Å². The third-order valence-corrected chi connectivity index (χ3v) is 2.02. The summed E-state index contributed by atoms with van der Waals surface area (Å²) < 4.78 is 5.01. The first kappa shape index (κ1) is 10.8. The standard InChI is InChI=1S/C8H14N2O4/c1-10(2)8(13)14-5-3-6(7(11)12)9-4-5/h5-6,9H,3-4H2,1-2H3,(H,11,12)/t5?,6-/m0/s1. The molecule has 0 aliphatic carbocycles. The predicted octanol–water partition coefficient (Wildman–Crippen LogP) is -0.500. The van der Waals surface area contributed by atoms with Gasteiger partial charge in [-0.15, -0.1) is 0 Å². The number of carboxylic acid groups (broad SMARTS) is 1. The van der Waals surface area contributed by atoms with E-state index in [2.05, 4.69) is 5.32 Å². The summed E-state index contributed by atoms with van der Waals surface area (Å²) in [6.45, 7) is 0.399. The fourth-order valence-electron chi connectivity index (χ4n) is 1.23. The van der Waals surface area contributed by atoms with E-state index in [4.69, 9.17) is 9.84 Å². The van der Waals surface area contributed by atoms with E-state index in [0.29, 0.717) is 13.0 Å². The molecule has 1 rings (SSSR count). The third-order valence-electron chi connectivity index (χ3n) is 2.02. The molecule has 1 amide bonds. The Labute approximate surface area is 81.8 Å². The van der Waals surface area contributed by atoms with Gasteiger partial charge < -0.3 is 20.1 Å². The maximum absolute atomic E-state index is 11.1. The van der Waals surface area contributed by atoms with Crippen LogP contribution in [0.5, 0.6) is 0 Å². The van der Waals surface area contributed by atoms with E-state index in [1.807, 2.05) is 0 Å². The van der Waals surface area contributed by atoms with Crippen LogP contribution in [-0.2, 0) is 9.53 Å². The van der Waals surface area contributed by atoms with Gasteiger partial charge >= 0.3 is 12.1 Å². The van der Waals surface area contributed by atoms with Gasteiger partial charge in [0.15, 0.2) is 0 Å². The lowest BCUT2D eigenvalue weighted by Gasteiger charge is -2.15. The minimum Gasteiger partial charge on any atom is -0.480 e. The van der Waals surface area contributed by atoms with Crippen LogP contribution in [0.2, 0.25) is 0 Å². The van der Waals surface area contributed by atoms with E-state index in [1.165, 1.54) is 4.90 Å². The van der Waals surface area contributed by atoms with Crippen molar-refractivity contribution in [1.29, 1.82) is 0 Å². The summed E-state index contributed by atoms with van der Waals surface area (Å²) in [6, 6.07) is -0.602. The highest BCUT2D eigenvalue weighted by Crippen LogP contribution is 2.11. The second-order valence-corrected chi connectivity index (χ2v) is 3.43. The van der Waals surface area contributed by atoms with Crippen molar-refractivity contribution in [2.75, 3.05) is 20.6 Å². The zero-order chi connectivity index (χ0) is 10.7. The van der Waals surface area contributed by atoms with Crippen molar-refractivity contribution in [1.82, 2.24) is 10.2 Å². The lowest BCUT2D eigenvalue weighted by atomic mass is 10.2. The molecule has 1 aliphatic heterocycles. The Bertz CT molecular complexity index is 241. The molecule has 80 valence electrons. The monoisotopic (exact) mass is 202 g/mol. The number of nitrogens with one attached hydrogen (secondary N) is 1. The van der Waals surface area contributed by atoms with Crippen molar-refractivity contribution >= 4 is 12.1 Å². The lowest BCUT2D eigenvalue weighted by Crippen LogP contribution is -2.30. The van der Waals surface area contributed by atoms with Gasteiger partial charge in [0.05, 0.1) is 0 Å². The van der Waals surface area contributed by atoms with Crippen LogP contribution in [0.25, 0.3) is 0 Å². The molecule has 0 aromatic carbocycles. The molecule has 1 fully saturated rings. The summed E-state index contributed by atoms with van der Waals surface area (Å²) in [5.74, 6) is -0.909. The van der Waals surface area contributed by atoms with E-state index in [-0.39, 0.29) is 6.10 Å². The van der Waals surface area contributed by atoms with Crippen molar-refractivity contribution < 1.29 is 19.4 Å². The summed E-state index contributed by atoms with van der Waals surface area (Å²) in [5, 5.41) is 11.4. The van der Waals surface area contributed by atoms with Crippen molar-refractivity contribution in [2.45, 2.75) is 18.6 Å². The van der Waals surface area contributed by atoms with Gasteiger partial charge in [-0.2, -0.15) is 0 Å². The molecule has 0 aromatic rings. The Morgan fingerprint density at radius 3 is 2.57 bits per heavy atom. The second-order valence-electron chi connectivity index (χ2n) is 3.43. The maximum atomic E-state index is 11.1. The molecule has 2 N–H and O–H groups in total. The molecule has 14 heavy (non-hydrogen) atoms. The Morgan fingerprint density at radius 1 is 1.50 bits per heavy atom. The van der Waals surface area contributed by atoms with Crippen molar-refractivity contribution in [3.63, 3.8) is 0 Å². The van der Waals surface area contributed by atoms with Crippen molar-refractivity contribution in [3.8, 4) is 0 Å². The largest absolute Gasteiger partial charge is 0.480 e. The van der Waals surface area contributed by atoms with E-state index in [1.54, 1.807) is 14.1 Å². The second kappa shape index (κ2) is 4.28. The van der Waals surface area contributed by atoms with Gasteiger partial charge in [0, 0.05) is 27.1 Å². The van der Waals surface area contributed by atoms with Gasteiger partial charge in [-0.25, -0.2) is 4.79 Å². The predicted molar refractivity (Wildman–Crippen MR) is 48.0 cm³/mol. The highest BCUT2D eigenvalue weighted by Gasteiger charge is 2.31. The number of aliphatic carboxylic acids is 1. The number of hydrogen-bond acceptors (Lipinski definition) is 4.